The Kier molecular flexibility index (Phi) is 11.8. The quantitative estimate of drug-likeness (QED) is 0.0488. The molecule has 0 spiro atoms. The third kappa shape index (κ3) is 8.59. The lowest BCUT2D eigenvalue weighted by molar-refractivity contribution is -0.139. The van der Waals surface area contributed by atoms with Crippen molar-refractivity contribution in [3.63, 3.8) is 0 Å². The van der Waals surface area contributed by atoms with Gasteiger partial charge in [0.1, 0.15) is 23.3 Å². The van der Waals surface area contributed by atoms with E-state index < -0.39 is 17.5 Å². The molecule has 264 valence electrons. The van der Waals surface area contributed by atoms with Gasteiger partial charge in [-0.2, -0.15) is 0 Å². The SMILES string of the molecule is C=C(C)C(=O)OCCc1ccc(OC(=O)CN(CC)c2ccc(C(=O)C(CC)(Cc3ccccc3)N(C)C)cc2)c(-n2nc3ccccc3n2)c1. The molecule has 1 heterocycles. The summed E-state index contributed by atoms with van der Waals surface area (Å²) >= 11 is 0. The normalized spacial score (nSPS) is 12.4. The summed E-state index contributed by atoms with van der Waals surface area (Å²) in [6, 6.07) is 30.3. The highest BCUT2D eigenvalue weighted by Gasteiger charge is 2.39. The maximum absolute atomic E-state index is 14.1. The van der Waals surface area contributed by atoms with Gasteiger partial charge >= 0.3 is 11.9 Å². The van der Waals surface area contributed by atoms with E-state index in [0.717, 1.165) is 16.8 Å². The Morgan fingerprint density at radius 1 is 0.843 bits per heavy atom. The molecule has 0 amide bonds. The zero-order valence-corrected chi connectivity index (χ0v) is 30.0. The molecule has 0 saturated heterocycles. The van der Waals surface area contributed by atoms with Gasteiger partial charge in [0.25, 0.3) is 0 Å². The zero-order valence-electron chi connectivity index (χ0n) is 30.0. The fraction of sp³-hybridized carbons (Fsp3) is 0.293. The molecular weight excluding hydrogens is 642 g/mol. The van der Waals surface area contributed by atoms with Gasteiger partial charge in [0.05, 0.1) is 12.1 Å². The first-order valence-electron chi connectivity index (χ1n) is 17.1. The van der Waals surface area contributed by atoms with Gasteiger partial charge in [0.15, 0.2) is 11.5 Å². The number of ketones is 1. The van der Waals surface area contributed by atoms with Crippen LogP contribution in [0, 0.1) is 0 Å². The number of fused-ring (bicyclic) bond motifs is 1. The van der Waals surface area contributed by atoms with Crippen LogP contribution in [0.2, 0.25) is 0 Å². The number of Topliss-reactive ketones (excluding diaryl/α,β-unsaturated/α-hetero) is 1. The Balaban J connectivity index is 1.33. The van der Waals surface area contributed by atoms with Crippen LogP contribution in [0.5, 0.6) is 5.75 Å². The third-order valence-electron chi connectivity index (χ3n) is 9.12. The number of esters is 2. The largest absolute Gasteiger partial charge is 0.462 e. The summed E-state index contributed by atoms with van der Waals surface area (Å²) in [4.78, 5) is 44.7. The molecule has 0 aliphatic rings. The first-order valence-corrected chi connectivity index (χ1v) is 17.1. The van der Waals surface area contributed by atoms with E-state index >= 15 is 0 Å². The number of rotatable bonds is 16. The summed E-state index contributed by atoms with van der Waals surface area (Å²) in [6.07, 6.45) is 1.68. The molecule has 1 unspecified atom stereocenters. The van der Waals surface area contributed by atoms with Crippen LogP contribution >= 0.6 is 0 Å². The van der Waals surface area contributed by atoms with Crippen LogP contribution in [0.25, 0.3) is 16.7 Å². The first kappa shape index (κ1) is 36.7. The number of nitrogens with zero attached hydrogens (tertiary/aromatic N) is 5. The van der Waals surface area contributed by atoms with E-state index in [4.69, 9.17) is 9.47 Å². The smallest absolute Gasteiger partial charge is 0.333 e. The number of anilines is 1. The van der Waals surface area contributed by atoms with Gasteiger partial charge in [-0.3, -0.25) is 9.69 Å². The Hall–Kier alpha value is -5.61. The maximum Gasteiger partial charge on any atom is 0.333 e. The summed E-state index contributed by atoms with van der Waals surface area (Å²) in [6.45, 7) is 9.90. The second-order valence-electron chi connectivity index (χ2n) is 12.8. The lowest BCUT2D eigenvalue weighted by Gasteiger charge is -2.38. The summed E-state index contributed by atoms with van der Waals surface area (Å²) in [5.41, 5.74) is 4.84. The van der Waals surface area contributed by atoms with E-state index in [2.05, 4.69) is 28.9 Å². The first-order chi connectivity index (χ1) is 24.5. The minimum Gasteiger partial charge on any atom is -0.462 e. The molecule has 51 heavy (non-hydrogen) atoms. The average molecular weight is 688 g/mol. The average Bonchev–Trinajstić information content (AvgIpc) is 3.58. The molecule has 0 fully saturated rings. The van der Waals surface area contributed by atoms with Crippen LogP contribution in [0.15, 0.2) is 109 Å². The molecule has 5 rings (SSSR count). The Morgan fingerprint density at radius 3 is 2.08 bits per heavy atom. The van der Waals surface area contributed by atoms with Gasteiger partial charge in [-0.1, -0.05) is 62.0 Å². The molecule has 0 bridgehead atoms. The fourth-order valence-corrected chi connectivity index (χ4v) is 6.08. The van der Waals surface area contributed by atoms with Crippen LogP contribution in [-0.4, -0.2) is 76.9 Å². The third-order valence-corrected chi connectivity index (χ3v) is 9.12. The molecule has 0 radical (unpaired) electrons. The Bertz CT molecular complexity index is 1970. The molecule has 0 aliphatic carbocycles. The molecular formula is C41H45N5O5. The van der Waals surface area contributed by atoms with Crippen molar-refractivity contribution in [3.8, 4) is 11.4 Å². The standard InChI is InChI=1S/C41H45N5O5/c1-7-41(44(5)6,27-31-14-10-9-11-15-31)39(48)32-19-21-33(22-20-32)45(8-2)28-38(47)51-37-23-18-30(24-25-50-40(49)29(3)4)26-36(37)46-42-34-16-12-13-17-35(34)43-46/h9-23,26H,3,7-8,24-25,27-28H2,1-2,4-6H3. The number of aromatic nitrogens is 3. The Labute approximate surface area is 299 Å². The molecule has 1 atom stereocenters. The highest BCUT2D eigenvalue weighted by Crippen LogP contribution is 2.29. The van der Waals surface area contributed by atoms with E-state index in [9.17, 15) is 14.4 Å². The molecule has 0 N–H and O–H groups in total. The van der Waals surface area contributed by atoms with Crippen molar-refractivity contribution in [1.82, 2.24) is 19.9 Å². The molecule has 5 aromatic rings. The summed E-state index contributed by atoms with van der Waals surface area (Å²) in [5, 5.41) is 9.21. The van der Waals surface area contributed by atoms with Gasteiger partial charge in [-0.05, 0) is 100 Å². The van der Waals surface area contributed by atoms with Gasteiger partial charge in [-0.25, -0.2) is 9.59 Å². The number of hydrogen-bond acceptors (Lipinski definition) is 9. The fourth-order valence-electron chi connectivity index (χ4n) is 6.08. The molecule has 0 aliphatic heterocycles. The lowest BCUT2D eigenvalue weighted by Crippen LogP contribution is -2.52. The van der Waals surface area contributed by atoms with Crippen molar-refractivity contribution in [2.75, 3.05) is 38.7 Å². The van der Waals surface area contributed by atoms with E-state index in [-0.39, 0.29) is 24.7 Å². The number of likely N-dealkylation sites (N-methyl/N-ethyl adjacent to an activating group) is 2. The maximum atomic E-state index is 14.1. The van der Waals surface area contributed by atoms with Crippen molar-refractivity contribution in [2.45, 2.75) is 45.6 Å². The minimum atomic E-state index is -0.700. The van der Waals surface area contributed by atoms with E-state index in [0.29, 0.717) is 53.7 Å². The van der Waals surface area contributed by atoms with Gasteiger partial charge < -0.3 is 14.4 Å². The Morgan fingerprint density at radius 2 is 1.49 bits per heavy atom. The molecule has 0 saturated carbocycles. The van der Waals surface area contributed by atoms with Crippen LogP contribution in [0.1, 0.15) is 48.7 Å². The van der Waals surface area contributed by atoms with E-state index in [1.54, 1.807) is 13.0 Å². The molecule has 1 aromatic heterocycles. The second-order valence-corrected chi connectivity index (χ2v) is 12.8. The summed E-state index contributed by atoms with van der Waals surface area (Å²) in [7, 11) is 3.91. The highest BCUT2D eigenvalue weighted by molar-refractivity contribution is 6.03. The van der Waals surface area contributed by atoms with Crippen LogP contribution < -0.4 is 9.64 Å². The number of benzene rings is 4. The summed E-state index contributed by atoms with van der Waals surface area (Å²) in [5.74, 6) is -0.581. The minimum absolute atomic E-state index is 0.0268. The van der Waals surface area contributed by atoms with E-state index in [1.165, 1.54) is 4.80 Å². The number of ether oxygens (including phenoxy) is 2. The van der Waals surface area contributed by atoms with Crippen molar-refractivity contribution < 1.29 is 23.9 Å². The number of hydrogen-bond donors (Lipinski definition) is 0. The van der Waals surface area contributed by atoms with Crippen LogP contribution in [0.4, 0.5) is 5.69 Å². The molecule has 10 heteroatoms. The van der Waals surface area contributed by atoms with Crippen molar-refractivity contribution in [2.24, 2.45) is 0 Å². The van der Waals surface area contributed by atoms with Crippen molar-refractivity contribution in [1.29, 1.82) is 0 Å². The predicted octanol–water partition coefficient (Wildman–Crippen LogP) is 6.65. The predicted molar refractivity (Wildman–Crippen MR) is 199 cm³/mol. The number of carbonyl (C=O) groups is 3. The van der Waals surface area contributed by atoms with Crippen molar-refractivity contribution in [3.05, 3.63) is 126 Å². The molecule has 10 nitrogen and oxygen atoms in total. The van der Waals surface area contributed by atoms with Gasteiger partial charge in [0, 0.05) is 29.8 Å². The van der Waals surface area contributed by atoms with Crippen molar-refractivity contribution >= 4 is 34.4 Å². The topological polar surface area (TPSA) is 107 Å². The van der Waals surface area contributed by atoms with Crippen LogP contribution in [-0.2, 0) is 27.2 Å². The monoisotopic (exact) mass is 687 g/mol. The zero-order chi connectivity index (χ0) is 36.5. The lowest BCUT2D eigenvalue weighted by atomic mass is 9.80. The van der Waals surface area contributed by atoms with Gasteiger partial charge in [-0.15, -0.1) is 15.0 Å². The van der Waals surface area contributed by atoms with Gasteiger partial charge in [0.2, 0.25) is 0 Å². The van der Waals surface area contributed by atoms with E-state index in [1.807, 2.05) is 117 Å². The van der Waals surface area contributed by atoms with Crippen LogP contribution in [0.3, 0.4) is 0 Å². The number of carbonyl (C=O) groups excluding carboxylic acids is 3. The highest BCUT2D eigenvalue weighted by atomic mass is 16.5. The summed E-state index contributed by atoms with van der Waals surface area (Å²) < 4.78 is 11.2. The molecule has 4 aromatic carbocycles. The second kappa shape index (κ2) is 16.4.